The number of rotatable bonds is 5. The number of benzene rings is 8. The van der Waals surface area contributed by atoms with Crippen molar-refractivity contribution in [2.45, 2.75) is 136 Å². The minimum Gasteiger partial charge on any atom is -0.334 e. The third-order valence-corrected chi connectivity index (χ3v) is 17.8. The van der Waals surface area contributed by atoms with E-state index in [1.54, 1.807) is 0 Å². The SMILES string of the molecule is Cc1ccccc1-c1ccc2c(c1)C1(C)CCCCC1(C)N2c1cc2c3c(c1)N(c1ccc(C(C)(C)C)cc1-c1ccccc1)c1ccccc1B3c1cc(C(C)(C)C)ccc1N2c1ccc(C(C)(C)C)cc1. The summed E-state index contributed by atoms with van der Waals surface area (Å²) in [4.78, 5) is 8.09. The standard InChI is InChI=1S/C69H72BN3/c1-45-22-16-17-25-53(45)47-28-35-59-55(40-47)68(11)38-20-21-39-69(68,12)73(59)52-43-62-64-63(44-52)72(58-36-31-49(66(5,6)7)41-54(58)46-23-14-13-15-24-46)60-27-19-18-26-56(60)70(64)57-42-50(67(8,9)10)32-37-61(57)71(62)51-33-29-48(30-34-51)65(2,3)4/h13-19,22-37,40-44H,20-21,38-39H2,1-12H3. The average molecular weight is 954 g/mol. The largest absolute Gasteiger partial charge is 0.334 e. The van der Waals surface area contributed by atoms with E-state index in [2.05, 4.69) is 268 Å². The maximum Gasteiger partial charge on any atom is 0.252 e. The highest BCUT2D eigenvalue weighted by atomic mass is 15.3. The number of hydrogen-bond donors (Lipinski definition) is 0. The molecular formula is C69H72BN3. The summed E-state index contributed by atoms with van der Waals surface area (Å²) in [5.74, 6) is 0. The van der Waals surface area contributed by atoms with E-state index >= 15 is 0 Å². The van der Waals surface area contributed by atoms with Crippen LogP contribution in [0, 0.1) is 6.92 Å². The van der Waals surface area contributed by atoms with Crippen molar-refractivity contribution in [3.63, 3.8) is 0 Å². The zero-order chi connectivity index (χ0) is 51.0. The lowest BCUT2D eigenvalue weighted by Gasteiger charge is -2.51. The van der Waals surface area contributed by atoms with Crippen LogP contribution >= 0.6 is 0 Å². The van der Waals surface area contributed by atoms with Crippen molar-refractivity contribution in [3.05, 3.63) is 198 Å². The lowest BCUT2D eigenvalue weighted by Crippen LogP contribution is -2.61. The molecule has 3 aliphatic heterocycles. The normalized spacial score (nSPS) is 19.0. The van der Waals surface area contributed by atoms with Crippen LogP contribution in [0.4, 0.5) is 45.5 Å². The van der Waals surface area contributed by atoms with Crippen molar-refractivity contribution in [1.82, 2.24) is 0 Å². The van der Waals surface area contributed by atoms with Crippen LogP contribution in [0.2, 0.25) is 0 Å². The maximum absolute atomic E-state index is 2.81. The van der Waals surface area contributed by atoms with Crippen LogP contribution in [-0.2, 0) is 21.7 Å². The van der Waals surface area contributed by atoms with Crippen LogP contribution in [0.5, 0.6) is 0 Å². The summed E-state index contributed by atoms with van der Waals surface area (Å²) in [5.41, 5.74) is 25.6. The lowest BCUT2D eigenvalue weighted by molar-refractivity contribution is 0.195. The molecule has 2 atom stereocenters. The molecule has 4 heteroatoms. The first-order valence-electron chi connectivity index (χ1n) is 27.1. The third-order valence-electron chi connectivity index (χ3n) is 17.8. The second-order valence-electron chi connectivity index (χ2n) is 25.4. The Hall–Kier alpha value is -6.78. The van der Waals surface area contributed by atoms with Gasteiger partial charge in [-0.2, -0.15) is 0 Å². The van der Waals surface area contributed by atoms with Crippen LogP contribution in [0.25, 0.3) is 22.3 Å². The number of fused-ring (bicyclic) bond motifs is 7. The first-order valence-corrected chi connectivity index (χ1v) is 27.1. The summed E-state index contributed by atoms with van der Waals surface area (Å²) in [6.07, 6.45) is 4.70. The molecule has 1 fully saturated rings. The highest BCUT2D eigenvalue weighted by Crippen LogP contribution is 2.62. The Labute approximate surface area is 437 Å². The molecule has 8 aromatic rings. The van der Waals surface area contributed by atoms with Crippen molar-refractivity contribution in [2.24, 2.45) is 0 Å². The van der Waals surface area contributed by atoms with Gasteiger partial charge in [-0.25, -0.2) is 0 Å². The number of hydrogen-bond acceptors (Lipinski definition) is 3. The molecule has 1 aliphatic carbocycles. The van der Waals surface area contributed by atoms with Crippen LogP contribution in [-0.4, -0.2) is 12.3 Å². The first-order chi connectivity index (χ1) is 34.8. The first kappa shape index (κ1) is 47.2. The lowest BCUT2D eigenvalue weighted by atomic mass is 9.33. The van der Waals surface area contributed by atoms with Gasteiger partial charge < -0.3 is 14.7 Å². The molecule has 12 rings (SSSR count). The molecule has 1 saturated carbocycles. The van der Waals surface area contributed by atoms with Crippen molar-refractivity contribution >= 4 is 68.6 Å². The van der Waals surface area contributed by atoms with Gasteiger partial charge in [0.05, 0.1) is 11.2 Å². The molecule has 0 radical (unpaired) electrons. The molecule has 3 nitrogen and oxygen atoms in total. The molecule has 0 amide bonds. The fourth-order valence-electron chi connectivity index (χ4n) is 13.4. The Morgan fingerprint density at radius 2 is 1.00 bits per heavy atom. The minimum atomic E-state index is -0.174. The molecule has 2 unspecified atom stereocenters. The van der Waals surface area contributed by atoms with Gasteiger partial charge in [0, 0.05) is 50.8 Å². The van der Waals surface area contributed by atoms with E-state index in [0.29, 0.717) is 0 Å². The third kappa shape index (κ3) is 7.36. The molecule has 0 aromatic heterocycles. The topological polar surface area (TPSA) is 9.72 Å². The van der Waals surface area contributed by atoms with Gasteiger partial charge in [-0.1, -0.05) is 191 Å². The Morgan fingerprint density at radius 1 is 0.425 bits per heavy atom. The van der Waals surface area contributed by atoms with Gasteiger partial charge in [0.1, 0.15) is 0 Å². The van der Waals surface area contributed by atoms with E-state index in [4.69, 9.17) is 0 Å². The molecule has 0 N–H and O–H groups in total. The Morgan fingerprint density at radius 3 is 1.70 bits per heavy atom. The van der Waals surface area contributed by atoms with E-state index in [0.717, 1.165) is 12.8 Å². The van der Waals surface area contributed by atoms with Crippen molar-refractivity contribution in [2.75, 3.05) is 14.7 Å². The van der Waals surface area contributed by atoms with Gasteiger partial charge in [-0.15, -0.1) is 0 Å². The average Bonchev–Trinajstić information content (AvgIpc) is 3.58. The van der Waals surface area contributed by atoms with Gasteiger partial charge in [0.15, 0.2) is 0 Å². The van der Waals surface area contributed by atoms with Crippen molar-refractivity contribution in [3.8, 4) is 22.3 Å². The molecule has 366 valence electrons. The fraction of sp³-hybridized carbons (Fsp3) is 0.304. The van der Waals surface area contributed by atoms with Crippen LogP contribution in [0.1, 0.15) is 130 Å². The number of aryl methyl sites for hydroxylation is 1. The Balaban J connectivity index is 1.20. The summed E-state index contributed by atoms with van der Waals surface area (Å²) in [6.45, 7) is 28.4. The summed E-state index contributed by atoms with van der Waals surface area (Å²) in [6, 6.07) is 66.1. The van der Waals surface area contributed by atoms with Gasteiger partial charge in [-0.3, -0.25) is 0 Å². The molecule has 3 heterocycles. The van der Waals surface area contributed by atoms with Crippen LogP contribution < -0.4 is 31.1 Å². The second kappa shape index (κ2) is 16.6. The number of anilines is 8. The Bertz CT molecular complexity index is 3480. The Kier molecular flexibility index (Phi) is 10.8. The molecule has 0 bridgehead atoms. The summed E-state index contributed by atoms with van der Waals surface area (Å²) in [5, 5.41) is 0. The smallest absolute Gasteiger partial charge is 0.252 e. The summed E-state index contributed by atoms with van der Waals surface area (Å²) in [7, 11) is 0. The van der Waals surface area contributed by atoms with E-state index in [1.807, 2.05) is 0 Å². The van der Waals surface area contributed by atoms with E-state index in [9.17, 15) is 0 Å². The zero-order valence-electron chi connectivity index (χ0n) is 45.4. The van der Waals surface area contributed by atoms with Gasteiger partial charge in [-0.05, 0) is 164 Å². The predicted octanol–water partition coefficient (Wildman–Crippen LogP) is 17.0. The molecular weight excluding hydrogens is 882 g/mol. The predicted molar refractivity (Wildman–Crippen MR) is 315 cm³/mol. The quantitative estimate of drug-likeness (QED) is 0.159. The minimum absolute atomic E-state index is 0.000916. The second-order valence-corrected chi connectivity index (χ2v) is 25.4. The molecule has 4 aliphatic rings. The summed E-state index contributed by atoms with van der Waals surface area (Å²) >= 11 is 0. The summed E-state index contributed by atoms with van der Waals surface area (Å²) < 4.78 is 0. The van der Waals surface area contributed by atoms with Gasteiger partial charge in [0.2, 0.25) is 0 Å². The molecule has 8 aromatic carbocycles. The maximum atomic E-state index is 2.81. The van der Waals surface area contributed by atoms with Gasteiger partial charge in [0.25, 0.3) is 6.71 Å². The van der Waals surface area contributed by atoms with Crippen molar-refractivity contribution < 1.29 is 0 Å². The fourth-order valence-corrected chi connectivity index (χ4v) is 13.4. The van der Waals surface area contributed by atoms with Crippen LogP contribution in [0.3, 0.4) is 0 Å². The zero-order valence-corrected chi connectivity index (χ0v) is 45.4. The molecule has 0 spiro atoms. The molecule has 73 heavy (non-hydrogen) atoms. The van der Waals surface area contributed by atoms with E-state index in [1.165, 1.54) is 125 Å². The van der Waals surface area contributed by atoms with E-state index < -0.39 is 0 Å². The van der Waals surface area contributed by atoms with Crippen molar-refractivity contribution in [1.29, 1.82) is 0 Å². The monoisotopic (exact) mass is 954 g/mol. The number of nitrogens with zero attached hydrogens (tertiary/aromatic N) is 3. The van der Waals surface area contributed by atoms with Crippen LogP contribution in [0.15, 0.2) is 170 Å². The van der Waals surface area contributed by atoms with Gasteiger partial charge >= 0.3 is 0 Å². The highest BCUT2D eigenvalue weighted by Gasteiger charge is 2.58. The van der Waals surface area contributed by atoms with E-state index in [-0.39, 0.29) is 33.9 Å². The number of para-hydroxylation sites is 1. The molecule has 0 saturated heterocycles. The highest BCUT2D eigenvalue weighted by molar-refractivity contribution is 7.00.